The molecule has 5 heteroatoms. The molecule has 0 amide bonds. The lowest BCUT2D eigenvalue weighted by Gasteiger charge is -2.30. The maximum Gasteiger partial charge on any atom is 0.137 e. The highest BCUT2D eigenvalue weighted by molar-refractivity contribution is 5.95. The number of pyridine rings is 1. The first kappa shape index (κ1) is 15.0. The molecule has 1 aromatic heterocycles. The predicted molar refractivity (Wildman–Crippen MR) is 92.2 cm³/mol. The molecule has 0 spiro atoms. The minimum absolute atomic E-state index is 0.349. The molecule has 0 unspecified atom stereocenters. The number of fused-ring (bicyclic) bond motifs is 1. The van der Waals surface area contributed by atoms with Gasteiger partial charge in [0.25, 0.3) is 0 Å². The summed E-state index contributed by atoms with van der Waals surface area (Å²) < 4.78 is 28.2. The summed E-state index contributed by atoms with van der Waals surface area (Å²) in [5.74, 6) is -1.17. The van der Waals surface area contributed by atoms with E-state index in [0.717, 1.165) is 49.2 Å². The van der Waals surface area contributed by atoms with Crippen LogP contribution in [0, 0.1) is 11.6 Å². The molecule has 1 N–H and O–H groups in total. The minimum atomic E-state index is -0.607. The number of anilines is 1. The second kappa shape index (κ2) is 6.17. The molecule has 122 valence electrons. The van der Waals surface area contributed by atoms with Crippen LogP contribution in [0.3, 0.4) is 0 Å². The van der Waals surface area contributed by atoms with Crippen LogP contribution >= 0.6 is 0 Å². The molecule has 3 aromatic rings. The molecule has 0 bridgehead atoms. The zero-order valence-corrected chi connectivity index (χ0v) is 13.1. The SMILES string of the molecule is Fc1cc(F)c2c(N3CCNCC3)cc(-c3ccccc3)nc2c1. The monoisotopic (exact) mass is 325 g/mol. The van der Waals surface area contributed by atoms with Gasteiger partial charge in [0.2, 0.25) is 0 Å². The van der Waals surface area contributed by atoms with Gasteiger partial charge in [-0.3, -0.25) is 0 Å². The number of nitrogens with zero attached hydrogens (tertiary/aromatic N) is 2. The molecule has 1 fully saturated rings. The van der Waals surface area contributed by atoms with Crippen LogP contribution in [0.1, 0.15) is 0 Å². The maximum atomic E-state index is 14.5. The van der Waals surface area contributed by atoms with Gasteiger partial charge in [0.1, 0.15) is 11.6 Å². The van der Waals surface area contributed by atoms with Gasteiger partial charge in [-0.05, 0) is 6.07 Å². The molecule has 0 atom stereocenters. The van der Waals surface area contributed by atoms with E-state index in [-0.39, 0.29) is 0 Å². The average molecular weight is 325 g/mol. The van der Waals surface area contributed by atoms with Crippen molar-refractivity contribution in [1.82, 2.24) is 10.3 Å². The van der Waals surface area contributed by atoms with Gasteiger partial charge in [-0.2, -0.15) is 0 Å². The van der Waals surface area contributed by atoms with Crippen molar-refractivity contribution in [2.24, 2.45) is 0 Å². The van der Waals surface area contributed by atoms with Crippen molar-refractivity contribution in [3.63, 3.8) is 0 Å². The van der Waals surface area contributed by atoms with E-state index >= 15 is 0 Å². The third-order valence-corrected chi connectivity index (χ3v) is 4.33. The summed E-state index contributed by atoms with van der Waals surface area (Å²) in [7, 11) is 0. The molecular weight excluding hydrogens is 308 g/mol. The Morgan fingerprint density at radius 3 is 2.46 bits per heavy atom. The molecule has 1 saturated heterocycles. The topological polar surface area (TPSA) is 28.2 Å². The molecule has 0 saturated carbocycles. The van der Waals surface area contributed by atoms with Crippen molar-refractivity contribution < 1.29 is 8.78 Å². The van der Waals surface area contributed by atoms with E-state index in [1.807, 2.05) is 36.4 Å². The van der Waals surface area contributed by atoms with Crippen molar-refractivity contribution >= 4 is 16.6 Å². The summed E-state index contributed by atoms with van der Waals surface area (Å²) in [6.45, 7) is 3.24. The Labute approximate surface area is 138 Å². The lowest BCUT2D eigenvalue weighted by Crippen LogP contribution is -2.43. The molecule has 4 rings (SSSR count). The number of halogens is 2. The van der Waals surface area contributed by atoms with E-state index in [4.69, 9.17) is 0 Å². The number of nitrogens with one attached hydrogen (secondary N) is 1. The lowest BCUT2D eigenvalue weighted by atomic mass is 10.1. The van der Waals surface area contributed by atoms with E-state index in [2.05, 4.69) is 15.2 Å². The van der Waals surface area contributed by atoms with Gasteiger partial charge in [-0.15, -0.1) is 0 Å². The molecule has 2 heterocycles. The Hall–Kier alpha value is -2.53. The fourth-order valence-electron chi connectivity index (χ4n) is 3.18. The zero-order valence-electron chi connectivity index (χ0n) is 13.1. The molecule has 3 nitrogen and oxygen atoms in total. The van der Waals surface area contributed by atoms with Crippen LogP contribution in [0.15, 0.2) is 48.5 Å². The normalized spacial score (nSPS) is 15.0. The first-order valence-corrected chi connectivity index (χ1v) is 8.03. The highest BCUT2D eigenvalue weighted by atomic mass is 19.1. The molecule has 2 aromatic carbocycles. The van der Waals surface area contributed by atoms with E-state index in [1.165, 1.54) is 6.07 Å². The summed E-state index contributed by atoms with van der Waals surface area (Å²) in [4.78, 5) is 6.63. The third kappa shape index (κ3) is 2.71. The summed E-state index contributed by atoms with van der Waals surface area (Å²) in [6, 6.07) is 13.8. The Morgan fingerprint density at radius 2 is 1.71 bits per heavy atom. The smallest absolute Gasteiger partial charge is 0.137 e. The fourth-order valence-corrected chi connectivity index (χ4v) is 3.18. The predicted octanol–water partition coefficient (Wildman–Crippen LogP) is 3.59. The zero-order chi connectivity index (χ0) is 16.5. The minimum Gasteiger partial charge on any atom is -0.368 e. The highest BCUT2D eigenvalue weighted by Crippen LogP contribution is 2.33. The summed E-state index contributed by atoms with van der Waals surface area (Å²) in [5.41, 5.74) is 2.78. The van der Waals surface area contributed by atoms with E-state index in [1.54, 1.807) is 0 Å². The fraction of sp³-hybridized carbons (Fsp3) is 0.211. The van der Waals surface area contributed by atoms with Crippen LogP contribution in [0.25, 0.3) is 22.2 Å². The first-order valence-electron chi connectivity index (χ1n) is 8.03. The van der Waals surface area contributed by atoms with Crippen LogP contribution in [-0.4, -0.2) is 31.2 Å². The van der Waals surface area contributed by atoms with Crippen LogP contribution in [0.4, 0.5) is 14.5 Å². The second-order valence-electron chi connectivity index (χ2n) is 5.91. The van der Waals surface area contributed by atoms with E-state index in [9.17, 15) is 8.78 Å². The van der Waals surface area contributed by atoms with Gasteiger partial charge in [0.05, 0.1) is 22.3 Å². The number of piperazine rings is 1. The Bertz CT molecular complexity index is 875. The van der Waals surface area contributed by atoms with Crippen molar-refractivity contribution in [3.05, 3.63) is 60.2 Å². The second-order valence-corrected chi connectivity index (χ2v) is 5.91. The van der Waals surface area contributed by atoms with Gasteiger partial charge in [-0.1, -0.05) is 30.3 Å². The van der Waals surface area contributed by atoms with Crippen molar-refractivity contribution in [2.75, 3.05) is 31.1 Å². The van der Waals surface area contributed by atoms with Gasteiger partial charge in [-0.25, -0.2) is 13.8 Å². The van der Waals surface area contributed by atoms with Crippen LogP contribution in [0.5, 0.6) is 0 Å². The van der Waals surface area contributed by atoms with E-state index in [0.29, 0.717) is 10.9 Å². The molecule has 0 aliphatic carbocycles. The Kier molecular flexibility index (Phi) is 3.86. The Balaban J connectivity index is 1.96. The van der Waals surface area contributed by atoms with Gasteiger partial charge in [0.15, 0.2) is 0 Å². The maximum absolute atomic E-state index is 14.5. The van der Waals surface area contributed by atoms with Crippen molar-refractivity contribution in [3.8, 4) is 11.3 Å². The standard InChI is InChI=1S/C19H17F2N3/c20-14-10-15(21)19-17(11-14)23-16(13-4-2-1-3-5-13)12-18(19)24-8-6-22-7-9-24/h1-5,10-12,22H,6-9H2. The number of aromatic nitrogens is 1. The Morgan fingerprint density at radius 1 is 0.958 bits per heavy atom. The molecule has 24 heavy (non-hydrogen) atoms. The highest BCUT2D eigenvalue weighted by Gasteiger charge is 2.19. The van der Waals surface area contributed by atoms with Gasteiger partial charge in [0, 0.05) is 43.9 Å². The lowest BCUT2D eigenvalue weighted by molar-refractivity contribution is 0.583. The first-order chi connectivity index (χ1) is 11.7. The van der Waals surface area contributed by atoms with E-state index < -0.39 is 11.6 Å². The average Bonchev–Trinajstić information content (AvgIpc) is 2.62. The van der Waals surface area contributed by atoms with Crippen molar-refractivity contribution in [2.45, 2.75) is 0 Å². The number of hydrogen-bond donors (Lipinski definition) is 1. The van der Waals surface area contributed by atoms with Crippen LogP contribution in [-0.2, 0) is 0 Å². The molecular formula is C19H17F2N3. The summed E-state index contributed by atoms with van der Waals surface area (Å²) >= 11 is 0. The quantitative estimate of drug-likeness (QED) is 0.780. The number of hydrogen-bond acceptors (Lipinski definition) is 3. The largest absolute Gasteiger partial charge is 0.368 e. The van der Waals surface area contributed by atoms with Gasteiger partial charge >= 0.3 is 0 Å². The summed E-state index contributed by atoms with van der Waals surface area (Å²) in [6.07, 6.45) is 0. The third-order valence-electron chi connectivity index (χ3n) is 4.33. The van der Waals surface area contributed by atoms with Crippen molar-refractivity contribution in [1.29, 1.82) is 0 Å². The van der Waals surface area contributed by atoms with Gasteiger partial charge < -0.3 is 10.2 Å². The number of rotatable bonds is 2. The van der Waals surface area contributed by atoms with Crippen LogP contribution in [0.2, 0.25) is 0 Å². The number of benzene rings is 2. The molecule has 1 aliphatic heterocycles. The molecule has 1 aliphatic rings. The molecule has 0 radical (unpaired) electrons. The summed E-state index contributed by atoms with van der Waals surface area (Å²) in [5, 5.41) is 3.68. The van der Waals surface area contributed by atoms with Crippen LogP contribution < -0.4 is 10.2 Å².